The fraction of sp³-hybridized carbons (Fsp3) is 0.929. The van der Waals surface area contributed by atoms with E-state index in [1.165, 1.54) is 25.7 Å². The van der Waals surface area contributed by atoms with E-state index in [1.807, 2.05) is 0 Å². The highest BCUT2D eigenvalue weighted by Gasteiger charge is 2.39. The number of ketones is 1. The van der Waals surface area contributed by atoms with Crippen LogP contribution in [0.5, 0.6) is 0 Å². The van der Waals surface area contributed by atoms with Gasteiger partial charge in [-0.1, -0.05) is 19.8 Å². The Kier molecular flexibility index (Phi) is 3.68. The van der Waals surface area contributed by atoms with Gasteiger partial charge in [-0.3, -0.25) is 4.79 Å². The second-order valence-corrected chi connectivity index (χ2v) is 6.05. The van der Waals surface area contributed by atoms with E-state index < -0.39 is 0 Å². The topological polar surface area (TPSA) is 29.1 Å². The van der Waals surface area contributed by atoms with Crippen LogP contribution in [0.15, 0.2) is 0 Å². The molecule has 16 heavy (non-hydrogen) atoms. The van der Waals surface area contributed by atoms with Crippen LogP contribution in [0.3, 0.4) is 0 Å². The Hall–Kier alpha value is -0.370. The molecule has 2 heteroatoms. The molecule has 0 amide bonds. The van der Waals surface area contributed by atoms with Crippen molar-refractivity contribution in [2.45, 2.75) is 64.3 Å². The highest BCUT2D eigenvalue weighted by atomic mass is 16.1. The number of Topliss-reactive ketones (excluding diaryl/α,β-unsaturated/α-hetero) is 1. The van der Waals surface area contributed by atoms with Gasteiger partial charge in [-0.25, -0.2) is 0 Å². The molecule has 1 saturated carbocycles. The molecule has 2 fully saturated rings. The summed E-state index contributed by atoms with van der Waals surface area (Å²) in [6.07, 6.45) is 8.27. The average Bonchev–Trinajstić information content (AvgIpc) is 2.29. The van der Waals surface area contributed by atoms with Gasteiger partial charge >= 0.3 is 0 Å². The van der Waals surface area contributed by atoms with Gasteiger partial charge in [0.1, 0.15) is 0 Å². The van der Waals surface area contributed by atoms with Crippen molar-refractivity contribution in [1.82, 2.24) is 5.32 Å². The Morgan fingerprint density at radius 3 is 2.69 bits per heavy atom. The SMILES string of the molecule is CC1CCCC(C(=O)C2(C)CCCCN2)C1. The van der Waals surface area contributed by atoms with Crippen LogP contribution in [0.1, 0.15) is 58.8 Å². The zero-order valence-electron chi connectivity index (χ0n) is 10.7. The Morgan fingerprint density at radius 2 is 2.06 bits per heavy atom. The number of carbonyl (C=O) groups is 1. The summed E-state index contributed by atoms with van der Waals surface area (Å²) in [6.45, 7) is 5.42. The number of nitrogens with one attached hydrogen (secondary N) is 1. The maximum Gasteiger partial charge on any atom is 0.155 e. The summed E-state index contributed by atoms with van der Waals surface area (Å²) in [5.74, 6) is 1.58. The minimum absolute atomic E-state index is 0.208. The van der Waals surface area contributed by atoms with Crippen LogP contribution in [0, 0.1) is 11.8 Å². The van der Waals surface area contributed by atoms with Crippen molar-refractivity contribution in [3.8, 4) is 0 Å². The van der Waals surface area contributed by atoms with E-state index in [-0.39, 0.29) is 5.54 Å². The number of hydrogen-bond donors (Lipinski definition) is 1. The van der Waals surface area contributed by atoms with Gasteiger partial charge in [0, 0.05) is 5.92 Å². The first-order chi connectivity index (χ1) is 7.62. The number of rotatable bonds is 2. The molecule has 1 heterocycles. The molecule has 2 nitrogen and oxygen atoms in total. The maximum atomic E-state index is 12.6. The molecule has 1 aliphatic heterocycles. The summed E-state index contributed by atoms with van der Waals surface area (Å²) < 4.78 is 0. The Morgan fingerprint density at radius 1 is 1.25 bits per heavy atom. The summed E-state index contributed by atoms with van der Waals surface area (Å²) in [5.41, 5.74) is -0.208. The van der Waals surface area contributed by atoms with Crippen molar-refractivity contribution < 1.29 is 4.79 Å². The van der Waals surface area contributed by atoms with Gasteiger partial charge in [0.25, 0.3) is 0 Å². The second-order valence-electron chi connectivity index (χ2n) is 6.05. The maximum absolute atomic E-state index is 12.6. The molecule has 92 valence electrons. The van der Waals surface area contributed by atoms with E-state index in [9.17, 15) is 4.79 Å². The lowest BCUT2D eigenvalue weighted by Crippen LogP contribution is -2.54. The van der Waals surface area contributed by atoms with Crippen molar-refractivity contribution in [3.63, 3.8) is 0 Å². The van der Waals surface area contributed by atoms with Gasteiger partial charge in [0.2, 0.25) is 0 Å². The lowest BCUT2D eigenvalue weighted by Gasteiger charge is -2.38. The molecule has 0 bridgehead atoms. The van der Waals surface area contributed by atoms with Crippen molar-refractivity contribution >= 4 is 5.78 Å². The van der Waals surface area contributed by atoms with Gasteiger partial charge in [-0.2, -0.15) is 0 Å². The van der Waals surface area contributed by atoms with E-state index in [2.05, 4.69) is 19.2 Å². The average molecular weight is 223 g/mol. The van der Waals surface area contributed by atoms with Crippen LogP contribution < -0.4 is 5.32 Å². The van der Waals surface area contributed by atoms with Crippen LogP contribution in [-0.2, 0) is 4.79 Å². The molecular weight excluding hydrogens is 198 g/mol. The first-order valence-corrected chi connectivity index (χ1v) is 6.91. The van der Waals surface area contributed by atoms with E-state index in [0.29, 0.717) is 11.7 Å². The first-order valence-electron chi connectivity index (χ1n) is 6.91. The highest BCUT2D eigenvalue weighted by molar-refractivity contribution is 5.90. The highest BCUT2D eigenvalue weighted by Crippen LogP contribution is 2.33. The molecule has 1 saturated heterocycles. The van der Waals surface area contributed by atoms with Crippen LogP contribution in [0.2, 0.25) is 0 Å². The summed E-state index contributed by atoms with van der Waals surface area (Å²) in [4.78, 5) is 12.6. The molecule has 0 radical (unpaired) electrons. The lowest BCUT2D eigenvalue weighted by atomic mass is 9.73. The minimum atomic E-state index is -0.208. The van der Waals surface area contributed by atoms with Gasteiger partial charge in [-0.05, 0) is 51.5 Å². The summed E-state index contributed by atoms with van der Waals surface area (Å²) in [7, 11) is 0. The molecule has 0 aromatic rings. The fourth-order valence-corrected chi connectivity index (χ4v) is 3.39. The number of hydrogen-bond acceptors (Lipinski definition) is 2. The van der Waals surface area contributed by atoms with Crippen molar-refractivity contribution in [2.75, 3.05) is 6.54 Å². The Bertz CT molecular complexity index is 255. The van der Waals surface area contributed by atoms with E-state index in [1.54, 1.807) is 0 Å². The van der Waals surface area contributed by atoms with Gasteiger partial charge < -0.3 is 5.32 Å². The molecule has 1 aliphatic carbocycles. The second kappa shape index (κ2) is 4.87. The smallest absolute Gasteiger partial charge is 0.155 e. The predicted octanol–water partition coefficient (Wildman–Crippen LogP) is 2.91. The minimum Gasteiger partial charge on any atom is -0.305 e. The summed E-state index contributed by atoms with van der Waals surface area (Å²) in [6, 6.07) is 0. The first kappa shape index (κ1) is 12.1. The van der Waals surface area contributed by atoms with E-state index >= 15 is 0 Å². The van der Waals surface area contributed by atoms with Crippen molar-refractivity contribution in [2.24, 2.45) is 11.8 Å². The van der Waals surface area contributed by atoms with Crippen LogP contribution >= 0.6 is 0 Å². The molecule has 2 aliphatic rings. The zero-order valence-corrected chi connectivity index (χ0v) is 10.7. The third-order valence-electron chi connectivity index (χ3n) is 4.47. The van der Waals surface area contributed by atoms with E-state index in [4.69, 9.17) is 0 Å². The van der Waals surface area contributed by atoms with Gasteiger partial charge in [0.15, 0.2) is 5.78 Å². The number of carbonyl (C=O) groups excluding carboxylic acids is 1. The molecule has 0 aromatic heterocycles. The van der Waals surface area contributed by atoms with Gasteiger partial charge in [-0.15, -0.1) is 0 Å². The fourth-order valence-electron chi connectivity index (χ4n) is 3.39. The van der Waals surface area contributed by atoms with E-state index in [0.717, 1.165) is 31.7 Å². The van der Waals surface area contributed by atoms with Crippen LogP contribution in [0.25, 0.3) is 0 Å². The lowest BCUT2D eigenvalue weighted by molar-refractivity contribution is -0.131. The standard InChI is InChI=1S/C14H25NO/c1-11-6-5-7-12(10-11)13(16)14(2)8-3-4-9-15-14/h11-12,15H,3-10H2,1-2H3. The summed E-state index contributed by atoms with van der Waals surface area (Å²) >= 11 is 0. The third-order valence-corrected chi connectivity index (χ3v) is 4.47. The molecular formula is C14H25NO. The summed E-state index contributed by atoms with van der Waals surface area (Å²) in [5, 5.41) is 3.46. The molecule has 1 N–H and O–H groups in total. The molecule has 3 unspecified atom stereocenters. The molecule has 2 rings (SSSR count). The largest absolute Gasteiger partial charge is 0.305 e. The third kappa shape index (κ3) is 2.48. The van der Waals surface area contributed by atoms with Crippen LogP contribution in [-0.4, -0.2) is 17.9 Å². The Labute approximate surface area is 99.2 Å². The van der Waals surface area contributed by atoms with Crippen molar-refractivity contribution in [1.29, 1.82) is 0 Å². The molecule has 0 aromatic carbocycles. The normalized spacial score (nSPS) is 40.6. The van der Waals surface area contributed by atoms with Gasteiger partial charge in [0.05, 0.1) is 5.54 Å². The van der Waals surface area contributed by atoms with Crippen LogP contribution in [0.4, 0.5) is 0 Å². The number of piperidine rings is 1. The quantitative estimate of drug-likeness (QED) is 0.780. The predicted molar refractivity (Wildman–Crippen MR) is 66.4 cm³/mol. The zero-order chi connectivity index (χ0) is 11.6. The Balaban J connectivity index is 1.99. The monoisotopic (exact) mass is 223 g/mol. The van der Waals surface area contributed by atoms with Crippen molar-refractivity contribution in [3.05, 3.63) is 0 Å². The molecule has 3 atom stereocenters. The molecule has 0 spiro atoms.